The first-order valence-electron chi connectivity index (χ1n) is 7.07. The van der Waals surface area contributed by atoms with Gasteiger partial charge >= 0.3 is 0 Å². The zero-order valence-electron chi connectivity index (χ0n) is 13.1. The highest BCUT2D eigenvalue weighted by Crippen LogP contribution is 2.23. The highest BCUT2D eigenvalue weighted by molar-refractivity contribution is 9.10. The number of rotatable bonds is 4. The Balaban J connectivity index is 2.20. The van der Waals surface area contributed by atoms with E-state index in [9.17, 15) is 18.4 Å². The maximum absolute atomic E-state index is 13.6. The summed E-state index contributed by atoms with van der Waals surface area (Å²) >= 11 is 3.36. The van der Waals surface area contributed by atoms with Crippen molar-refractivity contribution >= 4 is 39.1 Å². The second kappa shape index (κ2) is 7.53. The summed E-state index contributed by atoms with van der Waals surface area (Å²) in [4.78, 5) is 25.2. The Kier molecular flexibility index (Phi) is 5.66. The lowest BCUT2D eigenvalue weighted by Gasteiger charge is -2.21. The van der Waals surface area contributed by atoms with Crippen LogP contribution < -0.4 is 10.2 Å². The quantitative estimate of drug-likeness (QED) is 0.847. The van der Waals surface area contributed by atoms with Gasteiger partial charge in [-0.15, -0.1) is 0 Å². The van der Waals surface area contributed by atoms with Crippen LogP contribution in [-0.2, 0) is 9.59 Å². The molecule has 1 N–H and O–H groups in total. The van der Waals surface area contributed by atoms with Crippen LogP contribution in [0.15, 0.2) is 40.9 Å². The van der Waals surface area contributed by atoms with Crippen molar-refractivity contribution in [2.45, 2.75) is 13.8 Å². The number of anilines is 2. The van der Waals surface area contributed by atoms with Crippen LogP contribution in [0, 0.1) is 18.6 Å². The number of benzene rings is 2. The number of nitrogens with zero attached hydrogens (tertiary/aromatic N) is 1. The Labute approximate surface area is 146 Å². The third-order valence-electron chi connectivity index (χ3n) is 3.36. The Bertz CT molecular complexity index is 776. The van der Waals surface area contributed by atoms with Gasteiger partial charge in [-0.2, -0.15) is 0 Å². The van der Waals surface area contributed by atoms with E-state index in [-0.39, 0.29) is 12.5 Å². The molecule has 0 aliphatic heterocycles. The van der Waals surface area contributed by atoms with Gasteiger partial charge in [0, 0.05) is 17.1 Å². The zero-order valence-corrected chi connectivity index (χ0v) is 14.7. The lowest BCUT2D eigenvalue weighted by molar-refractivity contribution is -0.120. The summed E-state index contributed by atoms with van der Waals surface area (Å²) in [6.45, 7) is 2.80. The average Bonchev–Trinajstić information content (AvgIpc) is 2.51. The first-order valence-corrected chi connectivity index (χ1v) is 7.87. The van der Waals surface area contributed by atoms with E-state index in [4.69, 9.17) is 0 Å². The largest absolute Gasteiger partial charge is 0.320 e. The van der Waals surface area contributed by atoms with Crippen molar-refractivity contribution in [2.75, 3.05) is 16.8 Å². The van der Waals surface area contributed by atoms with Gasteiger partial charge in [0.1, 0.15) is 23.9 Å². The topological polar surface area (TPSA) is 49.4 Å². The molecule has 0 spiro atoms. The van der Waals surface area contributed by atoms with Crippen LogP contribution in [0.5, 0.6) is 0 Å². The molecule has 4 nitrogen and oxygen atoms in total. The molecule has 0 aromatic heterocycles. The summed E-state index contributed by atoms with van der Waals surface area (Å²) in [6, 6.07) is 8.46. The number of carbonyl (C=O) groups excluding carboxylic acids is 2. The molecule has 2 aromatic carbocycles. The molecular weight excluding hydrogens is 382 g/mol. The fraction of sp³-hybridized carbons (Fsp3) is 0.176. The third-order valence-corrected chi connectivity index (χ3v) is 4.25. The summed E-state index contributed by atoms with van der Waals surface area (Å²) in [6.07, 6.45) is 0. The van der Waals surface area contributed by atoms with Crippen LogP contribution in [0.4, 0.5) is 20.2 Å². The van der Waals surface area contributed by atoms with E-state index >= 15 is 0 Å². The van der Waals surface area contributed by atoms with Crippen LogP contribution in [0.3, 0.4) is 0 Å². The van der Waals surface area contributed by atoms with Crippen molar-refractivity contribution in [3.05, 3.63) is 58.1 Å². The number of hydrogen-bond donors (Lipinski definition) is 1. The van der Waals surface area contributed by atoms with Crippen LogP contribution in [0.25, 0.3) is 0 Å². The zero-order chi connectivity index (χ0) is 17.9. The fourth-order valence-electron chi connectivity index (χ4n) is 2.12. The van der Waals surface area contributed by atoms with Crippen molar-refractivity contribution < 1.29 is 18.4 Å². The van der Waals surface area contributed by atoms with Gasteiger partial charge in [0.25, 0.3) is 0 Å². The highest BCUT2D eigenvalue weighted by atomic mass is 79.9. The fourth-order valence-corrected chi connectivity index (χ4v) is 2.37. The minimum Gasteiger partial charge on any atom is -0.320 e. The van der Waals surface area contributed by atoms with Crippen LogP contribution >= 0.6 is 15.9 Å². The molecule has 0 aliphatic carbocycles. The smallest absolute Gasteiger partial charge is 0.244 e. The molecule has 7 heteroatoms. The van der Waals surface area contributed by atoms with Crippen molar-refractivity contribution in [1.82, 2.24) is 0 Å². The van der Waals surface area contributed by atoms with Crippen LogP contribution in [0.2, 0.25) is 0 Å². The lowest BCUT2D eigenvalue weighted by Crippen LogP contribution is -2.37. The average molecular weight is 397 g/mol. The molecule has 0 aliphatic rings. The summed E-state index contributed by atoms with van der Waals surface area (Å²) in [7, 11) is 0. The van der Waals surface area contributed by atoms with Crippen molar-refractivity contribution in [1.29, 1.82) is 0 Å². The van der Waals surface area contributed by atoms with Gasteiger partial charge in [0.05, 0.1) is 0 Å². The van der Waals surface area contributed by atoms with E-state index in [2.05, 4.69) is 21.2 Å². The minimum atomic E-state index is -0.878. The molecule has 2 aromatic rings. The standard InChI is InChI=1S/C17H15BrF2N2O2/c1-10-8-12(6-7-13(10)18)22(11(2)23)9-16(24)21-17-14(19)4-3-5-15(17)20/h3-8H,9H2,1-2H3,(H,21,24). The predicted octanol–water partition coefficient (Wildman–Crippen LogP) is 4.03. The Morgan fingerprint density at radius 1 is 1.17 bits per heavy atom. The monoisotopic (exact) mass is 396 g/mol. The van der Waals surface area contributed by atoms with E-state index in [0.717, 1.165) is 22.2 Å². The minimum absolute atomic E-state index is 0.357. The summed E-state index contributed by atoms with van der Waals surface area (Å²) in [5, 5.41) is 2.17. The first kappa shape index (κ1) is 18.1. The molecule has 0 saturated carbocycles. The lowest BCUT2D eigenvalue weighted by atomic mass is 10.2. The van der Waals surface area contributed by atoms with Gasteiger partial charge < -0.3 is 10.2 Å². The number of halogens is 3. The molecule has 2 rings (SSSR count). The second-order valence-corrected chi connectivity index (χ2v) is 6.04. The number of carbonyl (C=O) groups is 2. The molecule has 0 unspecified atom stereocenters. The molecule has 0 bridgehead atoms. The third kappa shape index (κ3) is 4.17. The predicted molar refractivity (Wildman–Crippen MR) is 91.9 cm³/mol. The molecule has 2 amide bonds. The second-order valence-electron chi connectivity index (χ2n) is 5.18. The van der Waals surface area contributed by atoms with Crippen molar-refractivity contribution in [3.63, 3.8) is 0 Å². The number of aryl methyl sites for hydroxylation is 1. The Morgan fingerprint density at radius 3 is 2.33 bits per heavy atom. The molecular formula is C17H15BrF2N2O2. The maximum atomic E-state index is 13.6. The maximum Gasteiger partial charge on any atom is 0.244 e. The highest BCUT2D eigenvalue weighted by Gasteiger charge is 2.18. The normalized spacial score (nSPS) is 10.4. The van der Waals surface area contributed by atoms with Gasteiger partial charge in [0.15, 0.2) is 0 Å². The first-order chi connectivity index (χ1) is 11.3. The van der Waals surface area contributed by atoms with Crippen LogP contribution in [0.1, 0.15) is 12.5 Å². The molecule has 0 saturated heterocycles. The van der Waals surface area contributed by atoms with Crippen molar-refractivity contribution in [2.24, 2.45) is 0 Å². The van der Waals surface area contributed by atoms with E-state index in [1.807, 2.05) is 6.92 Å². The number of amides is 2. The van der Waals surface area contributed by atoms with Crippen molar-refractivity contribution in [3.8, 4) is 0 Å². The van der Waals surface area contributed by atoms with E-state index < -0.39 is 23.2 Å². The van der Waals surface area contributed by atoms with Gasteiger partial charge in [0.2, 0.25) is 11.8 Å². The van der Waals surface area contributed by atoms with E-state index in [1.54, 1.807) is 18.2 Å². The van der Waals surface area contributed by atoms with Gasteiger partial charge in [-0.1, -0.05) is 22.0 Å². The molecule has 0 fully saturated rings. The van der Waals surface area contributed by atoms with Crippen LogP contribution in [-0.4, -0.2) is 18.4 Å². The number of hydrogen-bond acceptors (Lipinski definition) is 2. The Morgan fingerprint density at radius 2 is 1.79 bits per heavy atom. The van der Waals surface area contributed by atoms with Gasteiger partial charge in [-0.05, 0) is 42.8 Å². The molecule has 0 radical (unpaired) electrons. The van der Waals surface area contributed by atoms with E-state index in [0.29, 0.717) is 5.69 Å². The van der Waals surface area contributed by atoms with E-state index in [1.165, 1.54) is 17.9 Å². The molecule has 0 atom stereocenters. The van der Waals surface area contributed by atoms with Gasteiger partial charge in [-0.25, -0.2) is 8.78 Å². The number of nitrogens with one attached hydrogen (secondary N) is 1. The summed E-state index contributed by atoms with van der Waals surface area (Å²) in [5.74, 6) is -2.81. The Hall–Kier alpha value is -2.28. The number of para-hydroxylation sites is 1. The molecule has 0 heterocycles. The summed E-state index contributed by atoms with van der Waals surface area (Å²) in [5.41, 5.74) is 0.879. The SMILES string of the molecule is CC(=O)N(CC(=O)Nc1c(F)cccc1F)c1ccc(Br)c(C)c1. The molecule has 24 heavy (non-hydrogen) atoms. The summed E-state index contributed by atoms with van der Waals surface area (Å²) < 4.78 is 28.0. The molecule has 126 valence electrons. The van der Waals surface area contributed by atoms with Gasteiger partial charge in [-0.3, -0.25) is 9.59 Å².